The summed E-state index contributed by atoms with van der Waals surface area (Å²) in [5.74, 6) is 0. The Balaban J connectivity index is 2.25. The van der Waals surface area contributed by atoms with E-state index in [2.05, 4.69) is 5.10 Å². The predicted molar refractivity (Wildman–Crippen MR) is 66.1 cm³/mol. The van der Waals surface area contributed by atoms with Crippen molar-refractivity contribution >= 4 is 23.0 Å². The second-order valence-corrected chi connectivity index (χ2v) is 4.10. The number of halogens is 1. The Morgan fingerprint density at radius 3 is 2.58 bits per heavy atom. The van der Waals surface area contributed by atoms with Gasteiger partial charge in [0.2, 0.25) is 0 Å². The van der Waals surface area contributed by atoms with E-state index >= 15 is 0 Å². The van der Waals surface area contributed by atoms with Crippen molar-refractivity contribution in [3.05, 3.63) is 61.4 Å². The average molecular weight is 283 g/mol. The third-order valence-electron chi connectivity index (χ3n) is 2.38. The van der Waals surface area contributed by atoms with Crippen LogP contribution in [0.5, 0.6) is 0 Å². The molecule has 0 saturated carbocycles. The summed E-state index contributed by atoms with van der Waals surface area (Å²) >= 11 is 5.69. The molecule has 0 saturated heterocycles. The van der Waals surface area contributed by atoms with Crippen LogP contribution in [0.15, 0.2) is 30.6 Å². The smallest absolute Gasteiger partial charge is 0.261 e. The van der Waals surface area contributed by atoms with Crippen molar-refractivity contribution in [2.24, 2.45) is 0 Å². The van der Waals surface area contributed by atoms with Crippen molar-refractivity contribution in [2.45, 2.75) is 6.54 Å². The zero-order valence-electron chi connectivity index (χ0n) is 9.39. The lowest BCUT2D eigenvalue weighted by atomic mass is 10.2. The molecule has 1 heterocycles. The summed E-state index contributed by atoms with van der Waals surface area (Å²) in [5, 5.41) is 25.1. The Labute approximate surface area is 111 Å². The monoisotopic (exact) mass is 282 g/mol. The molecule has 0 atom stereocenters. The van der Waals surface area contributed by atoms with Gasteiger partial charge in [0.25, 0.3) is 5.69 Å². The quantitative estimate of drug-likeness (QED) is 0.632. The second kappa shape index (κ2) is 5.02. The molecule has 2 rings (SSSR count). The van der Waals surface area contributed by atoms with Crippen LogP contribution in [0, 0.1) is 20.2 Å². The van der Waals surface area contributed by atoms with E-state index in [4.69, 9.17) is 11.6 Å². The highest BCUT2D eigenvalue weighted by Crippen LogP contribution is 2.25. The molecule has 0 aliphatic rings. The Morgan fingerprint density at radius 2 is 2.00 bits per heavy atom. The Bertz CT molecular complexity index is 655. The molecule has 0 N–H and O–H groups in total. The minimum absolute atomic E-state index is 0.0418. The van der Waals surface area contributed by atoms with Crippen molar-refractivity contribution < 1.29 is 9.85 Å². The molecule has 2 aromatic rings. The summed E-state index contributed by atoms with van der Waals surface area (Å²) < 4.78 is 1.32. The number of nitro benzene ring substituents is 1. The first-order valence-electron chi connectivity index (χ1n) is 5.07. The Morgan fingerprint density at radius 1 is 1.26 bits per heavy atom. The fourth-order valence-electron chi connectivity index (χ4n) is 1.52. The van der Waals surface area contributed by atoms with Crippen LogP contribution in [0.4, 0.5) is 11.4 Å². The second-order valence-electron chi connectivity index (χ2n) is 3.70. The summed E-state index contributed by atoms with van der Waals surface area (Å²) in [5.41, 5.74) is 0.235. The van der Waals surface area contributed by atoms with E-state index in [1.165, 1.54) is 23.0 Å². The Kier molecular flexibility index (Phi) is 3.43. The van der Waals surface area contributed by atoms with Gasteiger partial charge in [-0.25, -0.2) is 0 Å². The fraction of sp³-hybridized carbons (Fsp3) is 0.100. The van der Waals surface area contributed by atoms with Gasteiger partial charge in [0.05, 0.1) is 16.4 Å². The normalized spacial score (nSPS) is 10.4. The van der Waals surface area contributed by atoms with Gasteiger partial charge in [-0.2, -0.15) is 5.10 Å². The molecular weight excluding hydrogens is 276 g/mol. The first-order valence-corrected chi connectivity index (χ1v) is 5.45. The molecule has 0 radical (unpaired) electrons. The van der Waals surface area contributed by atoms with Gasteiger partial charge in [-0.05, 0) is 11.6 Å². The molecule has 0 aliphatic heterocycles. The average Bonchev–Trinajstić information content (AvgIpc) is 2.80. The summed E-state index contributed by atoms with van der Waals surface area (Å²) in [6, 6.07) is 4.33. The van der Waals surface area contributed by atoms with Gasteiger partial charge in [-0.15, -0.1) is 0 Å². The van der Waals surface area contributed by atoms with E-state index in [1.807, 2.05) is 0 Å². The highest BCUT2D eigenvalue weighted by Gasteiger charge is 2.14. The maximum Gasteiger partial charge on any atom is 0.307 e. The van der Waals surface area contributed by atoms with Crippen LogP contribution < -0.4 is 0 Å². The van der Waals surface area contributed by atoms with Gasteiger partial charge < -0.3 is 0 Å². The van der Waals surface area contributed by atoms with Crippen molar-refractivity contribution in [1.82, 2.24) is 9.78 Å². The molecule has 8 nitrogen and oxygen atoms in total. The molecule has 0 unspecified atom stereocenters. The van der Waals surface area contributed by atoms with Gasteiger partial charge in [-0.3, -0.25) is 24.9 Å². The lowest BCUT2D eigenvalue weighted by Gasteiger charge is -2.02. The zero-order valence-corrected chi connectivity index (χ0v) is 10.1. The molecule has 1 aromatic heterocycles. The lowest BCUT2D eigenvalue weighted by molar-refractivity contribution is -0.385. The summed E-state index contributed by atoms with van der Waals surface area (Å²) in [6.45, 7) is 0.186. The molecule has 98 valence electrons. The number of aromatic nitrogens is 2. The van der Waals surface area contributed by atoms with E-state index < -0.39 is 9.85 Å². The molecule has 0 aliphatic carbocycles. The minimum atomic E-state index is -0.586. The van der Waals surface area contributed by atoms with Crippen LogP contribution >= 0.6 is 11.6 Å². The molecule has 0 amide bonds. The van der Waals surface area contributed by atoms with Crippen molar-refractivity contribution in [2.75, 3.05) is 0 Å². The molecule has 0 fully saturated rings. The number of hydrogen-bond donors (Lipinski definition) is 0. The topological polar surface area (TPSA) is 104 Å². The molecule has 0 spiro atoms. The van der Waals surface area contributed by atoms with Crippen molar-refractivity contribution in [3.8, 4) is 0 Å². The highest BCUT2D eigenvalue weighted by atomic mass is 35.5. The first-order chi connectivity index (χ1) is 8.97. The molecule has 1 aromatic carbocycles. The third-order valence-corrected chi connectivity index (χ3v) is 2.70. The van der Waals surface area contributed by atoms with Gasteiger partial charge in [0.1, 0.15) is 17.4 Å². The van der Waals surface area contributed by atoms with Crippen LogP contribution in [-0.4, -0.2) is 19.6 Å². The third kappa shape index (κ3) is 2.86. The van der Waals surface area contributed by atoms with Crippen LogP contribution in [-0.2, 0) is 6.54 Å². The summed E-state index contributed by atoms with van der Waals surface area (Å²) in [7, 11) is 0. The van der Waals surface area contributed by atoms with E-state index in [9.17, 15) is 20.2 Å². The van der Waals surface area contributed by atoms with Crippen LogP contribution in [0.25, 0.3) is 0 Å². The van der Waals surface area contributed by atoms with Crippen LogP contribution in [0.1, 0.15) is 5.56 Å². The largest absolute Gasteiger partial charge is 0.307 e. The van der Waals surface area contributed by atoms with Crippen LogP contribution in [0.2, 0.25) is 5.02 Å². The lowest BCUT2D eigenvalue weighted by Crippen LogP contribution is -2.01. The van der Waals surface area contributed by atoms with Gasteiger partial charge in [0, 0.05) is 6.07 Å². The first kappa shape index (κ1) is 13.0. The minimum Gasteiger partial charge on any atom is -0.261 e. The Hall–Kier alpha value is -2.48. The summed E-state index contributed by atoms with van der Waals surface area (Å²) in [6.07, 6.45) is 2.37. The summed E-state index contributed by atoms with van der Waals surface area (Å²) in [4.78, 5) is 20.1. The maximum absolute atomic E-state index is 10.7. The SMILES string of the molecule is O=[N+]([O-])c1cnn(Cc2ccc(Cl)c([N+](=O)[O-])c2)c1. The standard InChI is InChI=1S/C10H7ClN4O4/c11-9-2-1-7(3-10(9)15(18)19)5-13-6-8(4-12-13)14(16)17/h1-4,6H,5H2. The highest BCUT2D eigenvalue weighted by molar-refractivity contribution is 6.32. The molecule has 19 heavy (non-hydrogen) atoms. The number of nitro groups is 2. The van der Waals surface area contributed by atoms with Crippen molar-refractivity contribution in [3.63, 3.8) is 0 Å². The number of rotatable bonds is 4. The number of nitrogens with zero attached hydrogens (tertiary/aromatic N) is 4. The molecule has 0 bridgehead atoms. The van der Waals surface area contributed by atoms with E-state index in [1.54, 1.807) is 6.07 Å². The maximum atomic E-state index is 10.7. The van der Waals surface area contributed by atoms with E-state index in [-0.39, 0.29) is 22.9 Å². The van der Waals surface area contributed by atoms with Crippen molar-refractivity contribution in [1.29, 1.82) is 0 Å². The van der Waals surface area contributed by atoms with Gasteiger partial charge in [-0.1, -0.05) is 17.7 Å². The molecule has 9 heteroatoms. The molecular formula is C10H7ClN4O4. The number of hydrogen-bond acceptors (Lipinski definition) is 5. The fourth-order valence-corrected chi connectivity index (χ4v) is 1.70. The number of benzene rings is 1. The van der Waals surface area contributed by atoms with Crippen LogP contribution in [0.3, 0.4) is 0 Å². The zero-order chi connectivity index (χ0) is 14.0. The predicted octanol–water partition coefficient (Wildman–Crippen LogP) is 2.40. The van der Waals surface area contributed by atoms with Gasteiger partial charge >= 0.3 is 5.69 Å². The van der Waals surface area contributed by atoms with Gasteiger partial charge in [0.15, 0.2) is 0 Å². The van der Waals surface area contributed by atoms with E-state index in [0.717, 1.165) is 6.20 Å². The van der Waals surface area contributed by atoms with E-state index in [0.29, 0.717) is 5.56 Å².